The van der Waals surface area contributed by atoms with Crippen LogP contribution >= 0.6 is 23.4 Å². The van der Waals surface area contributed by atoms with Crippen molar-refractivity contribution < 1.29 is 4.39 Å². The Balaban J connectivity index is 1.87. The number of hydrogen-bond acceptors (Lipinski definition) is 2. The molecule has 0 heterocycles. The van der Waals surface area contributed by atoms with E-state index in [-0.39, 0.29) is 5.82 Å². The Morgan fingerprint density at radius 2 is 2.28 bits per heavy atom. The molecule has 100 valence electrons. The summed E-state index contributed by atoms with van der Waals surface area (Å²) in [4.78, 5) is 0. The van der Waals surface area contributed by atoms with Crippen LogP contribution in [0.5, 0.6) is 0 Å². The van der Waals surface area contributed by atoms with E-state index in [2.05, 4.69) is 11.6 Å². The summed E-state index contributed by atoms with van der Waals surface area (Å²) >= 11 is 7.98. The first kappa shape index (κ1) is 14.2. The Morgan fingerprint density at radius 3 is 3.00 bits per heavy atom. The Morgan fingerprint density at radius 1 is 1.44 bits per heavy atom. The molecule has 18 heavy (non-hydrogen) atoms. The predicted molar refractivity (Wildman–Crippen MR) is 77.8 cm³/mol. The van der Waals surface area contributed by atoms with E-state index < -0.39 is 0 Å². The van der Waals surface area contributed by atoms with Crippen molar-refractivity contribution in [2.24, 2.45) is 0 Å². The van der Waals surface area contributed by atoms with Crippen molar-refractivity contribution in [3.05, 3.63) is 34.6 Å². The van der Waals surface area contributed by atoms with Gasteiger partial charge in [0.15, 0.2) is 0 Å². The molecule has 1 aliphatic rings. The molecule has 1 nitrogen and oxygen atoms in total. The number of halogens is 2. The van der Waals surface area contributed by atoms with Gasteiger partial charge >= 0.3 is 0 Å². The number of nitrogens with one attached hydrogen (secondary N) is 1. The predicted octanol–water partition coefficient (Wildman–Crippen LogP) is 4.24. The zero-order valence-electron chi connectivity index (χ0n) is 10.6. The zero-order chi connectivity index (χ0) is 13.0. The third kappa shape index (κ3) is 3.87. The van der Waals surface area contributed by atoms with E-state index in [0.717, 1.165) is 17.4 Å². The van der Waals surface area contributed by atoms with Crippen molar-refractivity contribution in [2.45, 2.75) is 43.5 Å². The van der Waals surface area contributed by atoms with E-state index >= 15 is 0 Å². The first-order valence-corrected chi connectivity index (χ1v) is 8.05. The third-order valence-electron chi connectivity index (χ3n) is 3.56. The summed E-state index contributed by atoms with van der Waals surface area (Å²) in [5.74, 6) is -0.274. The SMILES string of the molecule is CSC1CCCC(NCc2ccc(F)cc2Cl)C1. The van der Waals surface area contributed by atoms with Crippen LogP contribution in [0.1, 0.15) is 31.2 Å². The lowest BCUT2D eigenvalue weighted by molar-refractivity contribution is 0.380. The van der Waals surface area contributed by atoms with Crippen LogP contribution in [0, 0.1) is 5.82 Å². The van der Waals surface area contributed by atoms with Crippen LogP contribution in [0.15, 0.2) is 18.2 Å². The smallest absolute Gasteiger partial charge is 0.124 e. The van der Waals surface area contributed by atoms with Crippen LogP contribution < -0.4 is 5.32 Å². The van der Waals surface area contributed by atoms with Gasteiger partial charge in [0.1, 0.15) is 5.82 Å². The van der Waals surface area contributed by atoms with Crippen molar-refractivity contribution in [2.75, 3.05) is 6.26 Å². The largest absolute Gasteiger partial charge is 0.310 e. The van der Waals surface area contributed by atoms with Gasteiger partial charge in [-0.15, -0.1) is 0 Å². The van der Waals surface area contributed by atoms with Crippen molar-refractivity contribution in [3.8, 4) is 0 Å². The number of hydrogen-bond donors (Lipinski definition) is 1. The van der Waals surface area contributed by atoms with Crippen LogP contribution in [-0.4, -0.2) is 17.5 Å². The van der Waals surface area contributed by atoms with Gasteiger partial charge in [0.05, 0.1) is 0 Å². The highest BCUT2D eigenvalue weighted by Crippen LogP contribution is 2.27. The first-order valence-electron chi connectivity index (χ1n) is 6.39. The Bertz CT molecular complexity index is 399. The normalized spacial score (nSPS) is 24.2. The van der Waals surface area contributed by atoms with Crippen LogP contribution in [-0.2, 0) is 6.54 Å². The molecule has 1 aromatic rings. The number of thioether (sulfide) groups is 1. The van der Waals surface area contributed by atoms with Crippen molar-refractivity contribution in [1.29, 1.82) is 0 Å². The molecule has 1 saturated carbocycles. The molecule has 0 spiro atoms. The van der Waals surface area contributed by atoms with Crippen LogP contribution in [0.25, 0.3) is 0 Å². The lowest BCUT2D eigenvalue weighted by Crippen LogP contribution is -2.34. The molecule has 0 bridgehead atoms. The summed E-state index contributed by atoms with van der Waals surface area (Å²) in [7, 11) is 0. The summed E-state index contributed by atoms with van der Waals surface area (Å²) in [5, 5.41) is 4.83. The van der Waals surface area contributed by atoms with E-state index in [4.69, 9.17) is 11.6 Å². The Hall–Kier alpha value is -0.250. The van der Waals surface area contributed by atoms with Crippen molar-refractivity contribution in [1.82, 2.24) is 5.32 Å². The van der Waals surface area contributed by atoms with Crippen molar-refractivity contribution in [3.63, 3.8) is 0 Å². The summed E-state index contributed by atoms with van der Waals surface area (Å²) < 4.78 is 12.9. The molecule has 1 aromatic carbocycles. The lowest BCUT2D eigenvalue weighted by Gasteiger charge is -2.29. The van der Waals surface area contributed by atoms with Crippen LogP contribution in [0.2, 0.25) is 5.02 Å². The average Bonchev–Trinajstić information content (AvgIpc) is 2.38. The zero-order valence-corrected chi connectivity index (χ0v) is 12.2. The van der Waals surface area contributed by atoms with Crippen LogP contribution in [0.3, 0.4) is 0 Å². The van der Waals surface area contributed by atoms with E-state index in [1.807, 2.05) is 11.8 Å². The minimum absolute atomic E-state index is 0.274. The molecule has 1 fully saturated rings. The van der Waals surface area contributed by atoms with Gasteiger partial charge in [-0.3, -0.25) is 0 Å². The van der Waals surface area contributed by atoms with E-state index in [0.29, 0.717) is 11.1 Å². The topological polar surface area (TPSA) is 12.0 Å². The van der Waals surface area contributed by atoms with Gasteiger partial charge in [-0.2, -0.15) is 11.8 Å². The second-order valence-electron chi connectivity index (χ2n) is 4.84. The molecular formula is C14H19ClFNS. The fourth-order valence-electron chi connectivity index (χ4n) is 2.46. The monoisotopic (exact) mass is 287 g/mol. The molecule has 0 saturated heterocycles. The molecule has 4 heteroatoms. The van der Waals surface area contributed by atoms with Crippen molar-refractivity contribution >= 4 is 23.4 Å². The lowest BCUT2D eigenvalue weighted by atomic mass is 9.95. The fraction of sp³-hybridized carbons (Fsp3) is 0.571. The highest BCUT2D eigenvalue weighted by atomic mass is 35.5. The summed E-state index contributed by atoms with van der Waals surface area (Å²) in [6.45, 7) is 0.727. The Labute approximate surface area is 117 Å². The average molecular weight is 288 g/mol. The number of rotatable bonds is 4. The molecule has 2 unspecified atom stereocenters. The summed E-state index contributed by atoms with van der Waals surface area (Å²) in [6.07, 6.45) is 7.26. The highest BCUT2D eigenvalue weighted by molar-refractivity contribution is 7.99. The molecule has 0 amide bonds. The van der Waals surface area contributed by atoms with E-state index in [1.165, 1.54) is 37.8 Å². The van der Waals surface area contributed by atoms with Gasteiger partial charge < -0.3 is 5.32 Å². The van der Waals surface area contributed by atoms with Gasteiger partial charge in [0, 0.05) is 22.9 Å². The van der Waals surface area contributed by atoms with Gasteiger partial charge in [-0.05, 0) is 43.2 Å². The maximum absolute atomic E-state index is 12.9. The maximum Gasteiger partial charge on any atom is 0.124 e. The van der Waals surface area contributed by atoms with Gasteiger partial charge in [0.2, 0.25) is 0 Å². The van der Waals surface area contributed by atoms with E-state index in [9.17, 15) is 4.39 Å². The second-order valence-corrected chi connectivity index (χ2v) is 6.38. The van der Waals surface area contributed by atoms with Gasteiger partial charge in [-0.1, -0.05) is 24.1 Å². The highest BCUT2D eigenvalue weighted by Gasteiger charge is 2.20. The standard InChI is InChI=1S/C14H19ClFNS/c1-18-13-4-2-3-12(8-13)17-9-10-5-6-11(16)7-14(10)15/h5-7,12-13,17H,2-4,8-9H2,1H3. The molecule has 0 aliphatic heterocycles. The number of benzene rings is 1. The first-order chi connectivity index (χ1) is 8.69. The summed E-state index contributed by atoms with van der Waals surface area (Å²) in [5.41, 5.74) is 0.976. The maximum atomic E-state index is 12.9. The third-order valence-corrected chi connectivity index (χ3v) is 5.00. The van der Waals surface area contributed by atoms with E-state index in [1.54, 1.807) is 6.07 Å². The minimum atomic E-state index is -0.274. The molecule has 0 aromatic heterocycles. The van der Waals surface area contributed by atoms with Crippen LogP contribution in [0.4, 0.5) is 4.39 Å². The second kappa shape index (κ2) is 6.78. The quantitative estimate of drug-likeness (QED) is 0.889. The Kier molecular flexibility index (Phi) is 5.34. The fourth-order valence-corrected chi connectivity index (χ4v) is 3.52. The molecule has 2 atom stereocenters. The summed E-state index contributed by atoms with van der Waals surface area (Å²) in [6, 6.07) is 5.18. The minimum Gasteiger partial charge on any atom is -0.310 e. The molecule has 1 N–H and O–H groups in total. The molecule has 1 aliphatic carbocycles. The molecule has 2 rings (SSSR count). The van der Waals surface area contributed by atoms with Gasteiger partial charge in [-0.25, -0.2) is 4.39 Å². The molecule has 0 radical (unpaired) electrons. The van der Waals surface area contributed by atoms with Gasteiger partial charge in [0.25, 0.3) is 0 Å². The molecular weight excluding hydrogens is 269 g/mol.